The average Bonchev–Trinajstić information content (AvgIpc) is 2.36. The largest absolute Gasteiger partial charge is 0.480 e. The van der Waals surface area contributed by atoms with Gasteiger partial charge in [0.2, 0.25) is 5.91 Å². The Morgan fingerprint density at radius 1 is 1.37 bits per heavy atom. The molecule has 0 spiro atoms. The standard InChI is InChI=1S/C13H25N3O3/c1-3-6-16-7-4-11(5-8-16)14-9-12(13(18)19)15-10(2)17/h11-12,14H,3-9H2,1-2H3,(H,15,17)(H,18,19). The van der Waals surface area contributed by atoms with Gasteiger partial charge in [-0.1, -0.05) is 6.92 Å². The Morgan fingerprint density at radius 3 is 2.47 bits per heavy atom. The minimum atomic E-state index is -0.994. The van der Waals surface area contributed by atoms with Crippen LogP contribution in [0.4, 0.5) is 0 Å². The predicted octanol–water partition coefficient (Wildman–Crippen LogP) is 0.0397. The quantitative estimate of drug-likeness (QED) is 0.609. The third-order valence-electron chi connectivity index (χ3n) is 3.41. The second kappa shape index (κ2) is 8.12. The number of piperidine rings is 1. The van der Waals surface area contributed by atoms with Crippen LogP contribution in [0.3, 0.4) is 0 Å². The van der Waals surface area contributed by atoms with E-state index in [9.17, 15) is 9.59 Å². The van der Waals surface area contributed by atoms with Crippen LogP contribution < -0.4 is 10.6 Å². The topological polar surface area (TPSA) is 81.7 Å². The highest BCUT2D eigenvalue weighted by atomic mass is 16.4. The molecule has 0 aromatic carbocycles. The van der Waals surface area contributed by atoms with Gasteiger partial charge in [-0.05, 0) is 38.9 Å². The molecule has 0 aliphatic carbocycles. The molecule has 0 aromatic heterocycles. The normalized spacial score (nSPS) is 19.1. The third-order valence-corrected chi connectivity index (χ3v) is 3.41. The Balaban J connectivity index is 2.28. The first-order chi connectivity index (χ1) is 9.02. The lowest BCUT2D eigenvalue weighted by molar-refractivity contribution is -0.141. The summed E-state index contributed by atoms with van der Waals surface area (Å²) >= 11 is 0. The third kappa shape index (κ3) is 6.02. The summed E-state index contributed by atoms with van der Waals surface area (Å²) in [6, 6.07) is -0.491. The van der Waals surface area contributed by atoms with Crippen molar-refractivity contribution in [2.24, 2.45) is 0 Å². The molecule has 6 nitrogen and oxygen atoms in total. The van der Waals surface area contributed by atoms with Crippen LogP contribution in [0.25, 0.3) is 0 Å². The second-order valence-corrected chi connectivity index (χ2v) is 5.12. The Bertz CT molecular complexity index is 302. The maximum atomic E-state index is 11.0. The summed E-state index contributed by atoms with van der Waals surface area (Å²) < 4.78 is 0. The lowest BCUT2D eigenvalue weighted by atomic mass is 10.0. The fourth-order valence-electron chi connectivity index (χ4n) is 2.41. The van der Waals surface area contributed by atoms with Gasteiger partial charge in [-0.2, -0.15) is 0 Å². The minimum absolute atomic E-state index is 0.285. The number of carboxylic acids is 1. The zero-order valence-electron chi connectivity index (χ0n) is 11.8. The highest BCUT2D eigenvalue weighted by Gasteiger charge is 2.22. The Morgan fingerprint density at radius 2 is 2.00 bits per heavy atom. The molecule has 0 bridgehead atoms. The van der Waals surface area contributed by atoms with Gasteiger partial charge in [0.15, 0.2) is 0 Å². The summed E-state index contributed by atoms with van der Waals surface area (Å²) in [5.74, 6) is -1.31. The van der Waals surface area contributed by atoms with Crippen LogP contribution in [0.5, 0.6) is 0 Å². The van der Waals surface area contributed by atoms with E-state index in [-0.39, 0.29) is 12.5 Å². The molecule has 0 saturated carbocycles. The summed E-state index contributed by atoms with van der Waals surface area (Å²) in [5, 5.41) is 14.7. The molecule has 1 aliphatic heterocycles. The van der Waals surface area contributed by atoms with E-state index in [1.165, 1.54) is 13.3 Å². The smallest absolute Gasteiger partial charge is 0.327 e. The fraction of sp³-hybridized carbons (Fsp3) is 0.846. The molecule has 110 valence electrons. The summed E-state index contributed by atoms with van der Waals surface area (Å²) in [6.45, 7) is 7.05. The van der Waals surface area contributed by atoms with Crippen LogP contribution in [0.15, 0.2) is 0 Å². The van der Waals surface area contributed by atoms with Gasteiger partial charge in [-0.25, -0.2) is 4.79 Å². The number of hydrogen-bond acceptors (Lipinski definition) is 4. The lowest BCUT2D eigenvalue weighted by Gasteiger charge is -2.32. The van der Waals surface area contributed by atoms with Crippen molar-refractivity contribution in [1.82, 2.24) is 15.5 Å². The molecule has 1 atom stereocenters. The maximum absolute atomic E-state index is 11.0. The van der Waals surface area contributed by atoms with Gasteiger partial charge in [0.25, 0.3) is 0 Å². The number of rotatable bonds is 7. The number of nitrogens with one attached hydrogen (secondary N) is 2. The van der Waals surface area contributed by atoms with Crippen molar-refractivity contribution < 1.29 is 14.7 Å². The molecule has 1 amide bonds. The first-order valence-corrected chi connectivity index (χ1v) is 6.98. The van der Waals surface area contributed by atoms with Gasteiger partial charge < -0.3 is 20.6 Å². The molecule has 1 saturated heterocycles. The van der Waals surface area contributed by atoms with E-state index < -0.39 is 12.0 Å². The Kier molecular flexibility index (Phi) is 6.80. The molecule has 0 aromatic rings. The second-order valence-electron chi connectivity index (χ2n) is 5.12. The summed E-state index contributed by atoms with van der Waals surface area (Å²) in [7, 11) is 0. The van der Waals surface area contributed by atoms with Gasteiger partial charge in [-0.3, -0.25) is 4.79 Å². The fourth-order valence-corrected chi connectivity index (χ4v) is 2.41. The number of carbonyl (C=O) groups excluding carboxylic acids is 1. The first kappa shape index (κ1) is 15.9. The monoisotopic (exact) mass is 271 g/mol. The summed E-state index contributed by atoms with van der Waals surface area (Å²) in [6.07, 6.45) is 3.24. The Labute approximate surface area is 114 Å². The molecule has 1 rings (SSSR count). The summed E-state index contributed by atoms with van der Waals surface area (Å²) in [4.78, 5) is 24.3. The maximum Gasteiger partial charge on any atom is 0.327 e. The number of aliphatic carboxylic acids is 1. The van der Waals surface area contributed by atoms with E-state index in [0.717, 1.165) is 32.5 Å². The van der Waals surface area contributed by atoms with Crippen molar-refractivity contribution in [2.75, 3.05) is 26.2 Å². The van der Waals surface area contributed by atoms with E-state index in [2.05, 4.69) is 22.5 Å². The molecule has 1 heterocycles. The van der Waals surface area contributed by atoms with Crippen LogP contribution >= 0.6 is 0 Å². The van der Waals surface area contributed by atoms with Crippen molar-refractivity contribution >= 4 is 11.9 Å². The van der Waals surface area contributed by atoms with Crippen LogP contribution in [-0.4, -0.2) is 60.1 Å². The SMILES string of the molecule is CCCN1CCC(NCC(NC(C)=O)C(=O)O)CC1. The van der Waals surface area contributed by atoms with Crippen LogP contribution in [0.2, 0.25) is 0 Å². The molecular weight excluding hydrogens is 246 g/mol. The van der Waals surface area contributed by atoms with Gasteiger partial charge in [0, 0.05) is 19.5 Å². The zero-order valence-corrected chi connectivity index (χ0v) is 11.8. The van der Waals surface area contributed by atoms with E-state index in [0.29, 0.717) is 6.04 Å². The minimum Gasteiger partial charge on any atom is -0.480 e. The van der Waals surface area contributed by atoms with E-state index in [1.54, 1.807) is 0 Å². The van der Waals surface area contributed by atoms with E-state index in [4.69, 9.17) is 5.11 Å². The van der Waals surface area contributed by atoms with Crippen molar-refractivity contribution in [2.45, 2.75) is 45.2 Å². The van der Waals surface area contributed by atoms with Crippen molar-refractivity contribution in [3.63, 3.8) is 0 Å². The van der Waals surface area contributed by atoms with Crippen LogP contribution in [-0.2, 0) is 9.59 Å². The molecule has 0 radical (unpaired) electrons. The van der Waals surface area contributed by atoms with Gasteiger partial charge >= 0.3 is 5.97 Å². The van der Waals surface area contributed by atoms with Gasteiger partial charge in [0.1, 0.15) is 6.04 Å². The number of nitrogens with zero attached hydrogens (tertiary/aromatic N) is 1. The average molecular weight is 271 g/mol. The highest BCUT2D eigenvalue weighted by Crippen LogP contribution is 2.10. The first-order valence-electron chi connectivity index (χ1n) is 6.98. The van der Waals surface area contributed by atoms with Gasteiger partial charge in [-0.15, -0.1) is 0 Å². The van der Waals surface area contributed by atoms with Crippen molar-refractivity contribution in [3.05, 3.63) is 0 Å². The highest BCUT2D eigenvalue weighted by molar-refractivity contribution is 5.82. The van der Waals surface area contributed by atoms with Gasteiger partial charge in [0.05, 0.1) is 0 Å². The van der Waals surface area contributed by atoms with E-state index in [1.807, 2.05) is 0 Å². The number of carbonyl (C=O) groups is 2. The van der Waals surface area contributed by atoms with Crippen LogP contribution in [0, 0.1) is 0 Å². The van der Waals surface area contributed by atoms with Crippen molar-refractivity contribution in [1.29, 1.82) is 0 Å². The van der Waals surface area contributed by atoms with Crippen molar-refractivity contribution in [3.8, 4) is 0 Å². The summed E-state index contributed by atoms with van der Waals surface area (Å²) in [5.41, 5.74) is 0. The number of likely N-dealkylation sites (tertiary alicyclic amines) is 1. The predicted molar refractivity (Wildman–Crippen MR) is 73.0 cm³/mol. The van der Waals surface area contributed by atoms with E-state index >= 15 is 0 Å². The number of amides is 1. The van der Waals surface area contributed by atoms with Crippen LogP contribution in [0.1, 0.15) is 33.1 Å². The molecule has 1 fully saturated rings. The lowest BCUT2D eigenvalue weighted by Crippen LogP contribution is -2.50. The molecule has 6 heteroatoms. The molecular formula is C13H25N3O3. The molecule has 19 heavy (non-hydrogen) atoms. The molecule has 1 unspecified atom stereocenters. The molecule has 1 aliphatic rings. The number of carboxylic acid groups (broad SMARTS) is 1. The zero-order chi connectivity index (χ0) is 14.3. The number of hydrogen-bond donors (Lipinski definition) is 3. The molecule has 3 N–H and O–H groups in total. The Hall–Kier alpha value is -1.14.